The van der Waals surface area contributed by atoms with Gasteiger partial charge in [-0.1, -0.05) is 46.8 Å². The summed E-state index contributed by atoms with van der Waals surface area (Å²) in [5.41, 5.74) is 1.78. The minimum Gasteiger partial charge on any atom is -0.506 e. The highest BCUT2D eigenvalue weighted by atomic mass is 16.5. The molecule has 0 unspecified atom stereocenters. The Labute approximate surface area is 177 Å². The molecule has 6 heteroatoms. The van der Waals surface area contributed by atoms with Gasteiger partial charge in [0.1, 0.15) is 11.5 Å². The van der Waals surface area contributed by atoms with Crippen molar-refractivity contribution in [2.45, 2.75) is 53.4 Å². The van der Waals surface area contributed by atoms with Gasteiger partial charge in [-0.15, -0.1) is 0 Å². The molecule has 0 saturated carbocycles. The van der Waals surface area contributed by atoms with Crippen LogP contribution in [0.5, 0.6) is 11.5 Å². The fourth-order valence-electron chi connectivity index (χ4n) is 3.84. The average molecular weight is 414 g/mol. The number of aromatic hydroxyl groups is 1. The molecule has 3 N–H and O–H groups in total. The minimum atomic E-state index is -1.13. The molecule has 2 aromatic rings. The number of carbonyl (C=O) groups excluding carboxylic acids is 1. The summed E-state index contributed by atoms with van der Waals surface area (Å²) in [5, 5.41) is 21.7. The number of aromatic carboxylic acids is 1. The standard InChI is InChI=1S/C24H31NO5/c1-15-18(22(28)29)11-12-19(26)21(15)25-20(27)13-30-17-9-7-16(8-10-17)24(5,6)14-23(2,3)4/h7-12,26H,13-14H2,1-6H3,(H,25,27)(H,28,29). The normalized spacial score (nSPS) is 11.8. The third kappa shape index (κ3) is 5.99. The number of hydrogen-bond acceptors (Lipinski definition) is 4. The number of ether oxygens (including phenoxy) is 1. The van der Waals surface area contributed by atoms with Crippen LogP contribution in [-0.4, -0.2) is 28.7 Å². The quantitative estimate of drug-likeness (QED) is 0.547. The van der Waals surface area contributed by atoms with Gasteiger partial charge in [0.2, 0.25) is 0 Å². The molecule has 0 heterocycles. The topological polar surface area (TPSA) is 95.9 Å². The van der Waals surface area contributed by atoms with Crippen molar-refractivity contribution in [3.8, 4) is 11.5 Å². The van der Waals surface area contributed by atoms with Crippen LogP contribution in [-0.2, 0) is 10.2 Å². The highest BCUT2D eigenvalue weighted by Crippen LogP contribution is 2.36. The number of benzene rings is 2. The maximum Gasteiger partial charge on any atom is 0.336 e. The third-order valence-electron chi connectivity index (χ3n) is 4.92. The highest BCUT2D eigenvalue weighted by molar-refractivity contribution is 5.98. The van der Waals surface area contributed by atoms with E-state index in [1.54, 1.807) is 0 Å². The van der Waals surface area contributed by atoms with E-state index in [-0.39, 0.29) is 40.0 Å². The van der Waals surface area contributed by atoms with Gasteiger partial charge in [0, 0.05) is 0 Å². The molecule has 0 radical (unpaired) electrons. The molecular weight excluding hydrogens is 382 g/mol. The Morgan fingerprint density at radius 1 is 1.00 bits per heavy atom. The Hall–Kier alpha value is -3.02. The molecule has 30 heavy (non-hydrogen) atoms. The molecule has 0 aliphatic rings. The Kier molecular flexibility index (Phi) is 6.80. The van der Waals surface area contributed by atoms with E-state index in [0.717, 1.165) is 6.42 Å². The van der Waals surface area contributed by atoms with Gasteiger partial charge in [0.15, 0.2) is 6.61 Å². The zero-order chi connectivity index (χ0) is 22.7. The summed E-state index contributed by atoms with van der Waals surface area (Å²) in [7, 11) is 0. The monoisotopic (exact) mass is 413 g/mol. The molecule has 0 saturated heterocycles. The first-order chi connectivity index (χ1) is 13.8. The van der Waals surface area contributed by atoms with E-state index in [2.05, 4.69) is 39.9 Å². The van der Waals surface area contributed by atoms with Gasteiger partial charge in [-0.25, -0.2) is 4.79 Å². The van der Waals surface area contributed by atoms with Crippen molar-refractivity contribution < 1.29 is 24.5 Å². The first kappa shape index (κ1) is 23.3. The van der Waals surface area contributed by atoms with Crippen molar-refractivity contribution in [3.63, 3.8) is 0 Å². The SMILES string of the molecule is Cc1c(C(=O)O)ccc(O)c1NC(=O)COc1ccc(C(C)(C)CC(C)(C)C)cc1. The number of phenols is 1. The van der Waals surface area contributed by atoms with E-state index >= 15 is 0 Å². The van der Waals surface area contributed by atoms with Crippen molar-refractivity contribution in [1.82, 2.24) is 0 Å². The van der Waals surface area contributed by atoms with Crippen molar-refractivity contribution in [3.05, 3.63) is 53.1 Å². The Balaban J connectivity index is 2.02. The van der Waals surface area contributed by atoms with Gasteiger partial charge in [-0.3, -0.25) is 4.79 Å². The van der Waals surface area contributed by atoms with Crippen molar-refractivity contribution in [1.29, 1.82) is 0 Å². The Morgan fingerprint density at radius 2 is 1.60 bits per heavy atom. The van der Waals surface area contributed by atoms with Gasteiger partial charge in [0.25, 0.3) is 5.91 Å². The molecule has 2 aromatic carbocycles. The maximum atomic E-state index is 12.3. The largest absolute Gasteiger partial charge is 0.506 e. The number of nitrogens with one attached hydrogen (secondary N) is 1. The molecule has 6 nitrogen and oxygen atoms in total. The van der Waals surface area contributed by atoms with E-state index in [9.17, 15) is 19.8 Å². The molecule has 162 valence electrons. The molecule has 0 atom stereocenters. The summed E-state index contributed by atoms with van der Waals surface area (Å²) < 4.78 is 5.56. The second-order valence-corrected chi connectivity index (χ2v) is 9.42. The summed E-state index contributed by atoms with van der Waals surface area (Å²) in [5.74, 6) is -1.27. The first-order valence-electron chi connectivity index (χ1n) is 9.89. The van der Waals surface area contributed by atoms with Crippen LogP contribution in [0.2, 0.25) is 0 Å². The summed E-state index contributed by atoms with van der Waals surface area (Å²) >= 11 is 0. The van der Waals surface area contributed by atoms with Crippen LogP contribution in [0, 0.1) is 12.3 Å². The molecule has 0 aromatic heterocycles. The van der Waals surface area contributed by atoms with Gasteiger partial charge >= 0.3 is 5.97 Å². The van der Waals surface area contributed by atoms with E-state index in [4.69, 9.17) is 4.74 Å². The fourth-order valence-corrected chi connectivity index (χ4v) is 3.84. The zero-order valence-electron chi connectivity index (χ0n) is 18.5. The smallest absolute Gasteiger partial charge is 0.336 e. The van der Waals surface area contributed by atoms with Crippen LogP contribution in [0.4, 0.5) is 5.69 Å². The number of phenolic OH excluding ortho intramolecular Hbond substituents is 1. The number of rotatable bonds is 7. The molecule has 0 fully saturated rings. The third-order valence-corrected chi connectivity index (χ3v) is 4.92. The number of carboxylic acid groups (broad SMARTS) is 1. The fraction of sp³-hybridized carbons (Fsp3) is 0.417. The van der Waals surface area contributed by atoms with E-state index < -0.39 is 11.9 Å². The number of carboxylic acids is 1. The van der Waals surface area contributed by atoms with E-state index in [1.165, 1.54) is 24.6 Å². The maximum absolute atomic E-state index is 12.3. The lowest BCUT2D eigenvalue weighted by Crippen LogP contribution is -2.24. The lowest BCUT2D eigenvalue weighted by atomic mass is 9.72. The predicted molar refractivity (Wildman–Crippen MR) is 117 cm³/mol. The Morgan fingerprint density at radius 3 is 2.13 bits per heavy atom. The number of hydrogen-bond donors (Lipinski definition) is 3. The summed E-state index contributed by atoms with van der Waals surface area (Å²) in [4.78, 5) is 23.5. The molecule has 0 bridgehead atoms. The van der Waals surface area contributed by atoms with Gasteiger partial charge < -0.3 is 20.3 Å². The van der Waals surface area contributed by atoms with Crippen LogP contribution in [0.1, 0.15) is 62.5 Å². The van der Waals surface area contributed by atoms with Crippen LogP contribution in [0.15, 0.2) is 36.4 Å². The number of anilines is 1. The van der Waals surface area contributed by atoms with E-state index in [0.29, 0.717) is 5.75 Å². The summed E-state index contributed by atoms with van der Waals surface area (Å²) in [6.07, 6.45) is 1.03. The van der Waals surface area contributed by atoms with Crippen LogP contribution < -0.4 is 10.1 Å². The molecule has 0 aliphatic heterocycles. The average Bonchev–Trinajstić information content (AvgIpc) is 2.61. The molecule has 0 spiro atoms. The molecule has 0 aliphatic carbocycles. The van der Waals surface area contributed by atoms with Gasteiger partial charge in [-0.2, -0.15) is 0 Å². The summed E-state index contributed by atoms with van der Waals surface area (Å²) in [6.45, 7) is 12.3. The van der Waals surface area contributed by atoms with Crippen molar-refractivity contribution >= 4 is 17.6 Å². The zero-order valence-corrected chi connectivity index (χ0v) is 18.5. The second-order valence-electron chi connectivity index (χ2n) is 9.42. The lowest BCUT2D eigenvalue weighted by molar-refractivity contribution is -0.118. The Bertz CT molecular complexity index is 924. The van der Waals surface area contributed by atoms with Crippen LogP contribution in [0.25, 0.3) is 0 Å². The minimum absolute atomic E-state index is 0.0116. The molecule has 1 amide bonds. The van der Waals surface area contributed by atoms with Gasteiger partial charge in [0.05, 0.1) is 11.3 Å². The van der Waals surface area contributed by atoms with E-state index in [1.807, 2.05) is 24.3 Å². The first-order valence-corrected chi connectivity index (χ1v) is 9.89. The molecule has 2 rings (SSSR count). The van der Waals surface area contributed by atoms with Crippen molar-refractivity contribution in [2.24, 2.45) is 5.41 Å². The predicted octanol–water partition coefficient (Wildman–Crippen LogP) is 5.13. The van der Waals surface area contributed by atoms with Gasteiger partial charge in [-0.05, 0) is 59.6 Å². The highest BCUT2D eigenvalue weighted by Gasteiger charge is 2.27. The van der Waals surface area contributed by atoms with Crippen LogP contribution >= 0.6 is 0 Å². The molecular formula is C24H31NO5. The number of carbonyl (C=O) groups is 2. The summed E-state index contributed by atoms with van der Waals surface area (Å²) in [6, 6.07) is 10.2. The van der Waals surface area contributed by atoms with Crippen molar-refractivity contribution in [2.75, 3.05) is 11.9 Å². The second kappa shape index (κ2) is 8.78. The lowest BCUT2D eigenvalue weighted by Gasteiger charge is -2.33. The number of amides is 1. The van der Waals surface area contributed by atoms with Crippen LogP contribution in [0.3, 0.4) is 0 Å².